The van der Waals surface area contributed by atoms with Crippen LogP contribution in [0.25, 0.3) is 0 Å². The molecule has 2 aromatic rings. The van der Waals surface area contributed by atoms with Gasteiger partial charge < -0.3 is 9.88 Å². The highest BCUT2D eigenvalue weighted by Gasteiger charge is 2.49. The Morgan fingerprint density at radius 2 is 1.86 bits per heavy atom. The average Bonchev–Trinajstić information content (AvgIpc) is 3.33. The standard InChI is InChI=1S/C23H27N3O3/c1-5-25-14(2)11-19(15(25)3)20(27)13-26-21(28)23(4,24-22(26)29)18-10-9-16-7-6-8-17(16)12-18/h9-12H,5-8,13H2,1-4H3,(H,24,29). The van der Waals surface area contributed by atoms with Gasteiger partial charge in [-0.05, 0) is 69.7 Å². The molecule has 1 unspecified atom stereocenters. The van der Waals surface area contributed by atoms with Gasteiger partial charge in [0, 0.05) is 23.5 Å². The number of ketones is 1. The number of amides is 3. The maximum Gasteiger partial charge on any atom is 0.325 e. The highest BCUT2D eigenvalue weighted by Crippen LogP contribution is 2.32. The number of Topliss-reactive ketones (excluding diaryl/α,β-unsaturated/α-hetero) is 1. The Hall–Kier alpha value is -2.89. The SMILES string of the molecule is CCn1c(C)cc(C(=O)CN2C(=O)NC(C)(c3ccc4c(c3)CCC4)C2=O)c1C. The number of aryl methyl sites for hydroxylation is 3. The number of hydrogen-bond acceptors (Lipinski definition) is 3. The second kappa shape index (κ2) is 6.87. The van der Waals surface area contributed by atoms with E-state index >= 15 is 0 Å². The summed E-state index contributed by atoms with van der Waals surface area (Å²) in [6.07, 6.45) is 3.17. The molecule has 1 fully saturated rings. The fourth-order valence-corrected chi connectivity index (χ4v) is 4.72. The Kier molecular flexibility index (Phi) is 4.60. The van der Waals surface area contributed by atoms with Crippen molar-refractivity contribution >= 4 is 17.7 Å². The number of benzene rings is 1. The third-order valence-corrected chi connectivity index (χ3v) is 6.44. The van der Waals surface area contributed by atoms with Crippen LogP contribution in [-0.4, -0.2) is 33.7 Å². The van der Waals surface area contributed by atoms with E-state index in [2.05, 4.69) is 11.4 Å². The molecule has 1 atom stereocenters. The summed E-state index contributed by atoms with van der Waals surface area (Å²) in [7, 11) is 0. The van der Waals surface area contributed by atoms with Gasteiger partial charge in [-0.3, -0.25) is 14.5 Å². The fourth-order valence-electron chi connectivity index (χ4n) is 4.72. The first-order chi connectivity index (χ1) is 13.8. The summed E-state index contributed by atoms with van der Waals surface area (Å²) in [5.74, 6) is -0.599. The van der Waals surface area contributed by atoms with Crippen LogP contribution < -0.4 is 5.32 Å². The normalized spacial score (nSPS) is 20.9. The lowest BCUT2D eigenvalue weighted by Crippen LogP contribution is -2.41. The molecule has 1 saturated heterocycles. The quantitative estimate of drug-likeness (QED) is 0.626. The van der Waals surface area contributed by atoms with Crippen molar-refractivity contribution in [1.29, 1.82) is 0 Å². The van der Waals surface area contributed by atoms with Crippen LogP contribution in [0.15, 0.2) is 24.3 Å². The van der Waals surface area contributed by atoms with Crippen molar-refractivity contribution in [1.82, 2.24) is 14.8 Å². The van der Waals surface area contributed by atoms with Crippen LogP contribution in [0.1, 0.15) is 58.7 Å². The molecule has 1 aromatic heterocycles. The van der Waals surface area contributed by atoms with Crippen LogP contribution in [0.5, 0.6) is 0 Å². The third-order valence-electron chi connectivity index (χ3n) is 6.44. The number of carbonyl (C=O) groups is 3. The van der Waals surface area contributed by atoms with E-state index in [0.717, 1.165) is 47.7 Å². The second-order valence-corrected chi connectivity index (χ2v) is 8.24. The van der Waals surface area contributed by atoms with Crippen LogP contribution in [-0.2, 0) is 29.7 Å². The zero-order valence-electron chi connectivity index (χ0n) is 17.5. The average molecular weight is 393 g/mol. The Bertz CT molecular complexity index is 1040. The van der Waals surface area contributed by atoms with Crippen LogP contribution in [0.4, 0.5) is 4.79 Å². The van der Waals surface area contributed by atoms with Crippen molar-refractivity contribution < 1.29 is 14.4 Å². The summed E-state index contributed by atoms with van der Waals surface area (Å²) in [5.41, 5.74) is 4.61. The number of imide groups is 1. The zero-order valence-corrected chi connectivity index (χ0v) is 17.5. The molecule has 2 heterocycles. The Balaban J connectivity index is 1.59. The van der Waals surface area contributed by atoms with Gasteiger partial charge in [0.15, 0.2) is 5.78 Å². The molecule has 1 aromatic carbocycles. The van der Waals surface area contributed by atoms with E-state index in [1.165, 1.54) is 11.1 Å². The summed E-state index contributed by atoms with van der Waals surface area (Å²) in [5, 5.41) is 2.82. The Morgan fingerprint density at radius 1 is 1.14 bits per heavy atom. The molecule has 3 amide bonds. The monoisotopic (exact) mass is 393 g/mol. The maximum absolute atomic E-state index is 13.2. The zero-order chi connectivity index (χ0) is 20.9. The number of nitrogens with zero attached hydrogens (tertiary/aromatic N) is 2. The first-order valence-electron chi connectivity index (χ1n) is 10.2. The molecule has 0 bridgehead atoms. The molecule has 1 N–H and O–H groups in total. The molecule has 6 nitrogen and oxygen atoms in total. The van der Waals surface area contributed by atoms with E-state index in [1.807, 2.05) is 43.5 Å². The van der Waals surface area contributed by atoms with Gasteiger partial charge in [-0.25, -0.2) is 4.79 Å². The molecule has 4 rings (SSSR count). The smallest absolute Gasteiger partial charge is 0.325 e. The molecular formula is C23H27N3O3. The highest BCUT2D eigenvalue weighted by atomic mass is 16.2. The van der Waals surface area contributed by atoms with Gasteiger partial charge in [-0.1, -0.05) is 18.2 Å². The Morgan fingerprint density at radius 3 is 2.55 bits per heavy atom. The van der Waals surface area contributed by atoms with Crippen molar-refractivity contribution in [2.75, 3.05) is 6.54 Å². The first kappa shape index (κ1) is 19.4. The van der Waals surface area contributed by atoms with Crippen LogP contribution >= 0.6 is 0 Å². The summed E-state index contributed by atoms with van der Waals surface area (Å²) in [4.78, 5) is 39.8. The van der Waals surface area contributed by atoms with Gasteiger partial charge in [0.25, 0.3) is 5.91 Å². The minimum Gasteiger partial charge on any atom is -0.349 e. The molecular weight excluding hydrogens is 366 g/mol. The fraction of sp³-hybridized carbons (Fsp3) is 0.435. The Labute approximate surface area is 170 Å². The lowest BCUT2D eigenvalue weighted by Gasteiger charge is -2.23. The number of hydrogen-bond donors (Lipinski definition) is 1. The van der Waals surface area contributed by atoms with E-state index in [0.29, 0.717) is 5.56 Å². The van der Waals surface area contributed by atoms with Gasteiger partial charge in [-0.15, -0.1) is 0 Å². The molecule has 1 aliphatic heterocycles. The largest absolute Gasteiger partial charge is 0.349 e. The predicted octanol–water partition coefficient (Wildman–Crippen LogP) is 3.26. The van der Waals surface area contributed by atoms with E-state index in [1.54, 1.807) is 6.92 Å². The van der Waals surface area contributed by atoms with E-state index in [9.17, 15) is 14.4 Å². The second-order valence-electron chi connectivity index (χ2n) is 8.24. The number of urea groups is 1. The van der Waals surface area contributed by atoms with Crippen LogP contribution in [0.2, 0.25) is 0 Å². The number of fused-ring (bicyclic) bond motifs is 1. The summed E-state index contributed by atoms with van der Waals surface area (Å²) >= 11 is 0. The van der Waals surface area contributed by atoms with Gasteiger partial charge >= 0.3 is 6.03 Å². The first-order valence-corrected chi connectivity index (χ1v) is 10.2. The molecule has 29 heavy (non-hydrogen) atoms. The molecule has 0 spiro atoms. The molecule has 0 saturated carbocycles. The summed E-state index contributed by atoms with van der Waals surface area (Å²) in [6, 6.07) is 7.31. The lowest BCUT2D eigenvalue weighted by molar-refractivity contribution is -0.130. The summed E-state index contributed by atoms with van der Waals surface area (Å²) < 4.78 is 2.05. The number of carbonyl (C=O) groups excluding carboxylic acids is 3. The van der Waals surface area contributed by atoms with Gasteiger partial charge in [0.05, 0.1) is 6.54 Å². The van der Waals surface area contributed by atoms with Gasteiger partial charge in [-0.2, -0.15) is 0 Å². The third kappa shape index (κ3) is 2.98. The van der Waals surface area contributed by atoms with Crippen LogP contribution in [0.3, 0.4) is 0 Å². The van der Waals surface area contributed by atoms with Crippen molar-refractivity contribution in [2.45, 2.75) is 59.0 Å². The van der Waals surface area contributed by atoms with E-state index < -0.39 is 11.6 Å². The topological polar surface area (TPSA) is 71.4 Å². The van der Waals surface area contributed by atoms with Crippen molar-refractivity contribution in [3.63, 3.8) is 0 Å². The molecule has 1 aliphatic carbocycles. The molecule has 0 radical (unpaired) electrons. The van der Waals surface area contributed by atoms with Crippen molar-refractivity contribution in [3.05, 3.63) is 57.9 Å². The molecule has 152 valence electrons. The minimum absolute atomic E-state index is 0.223. The van der Waals surface area contributed by atoms with Crippen LogP contribution in [0, 0.1) is 13.8 Å². The number of aromatic nitrogens is 1. The van der Waals surface area contributed by atoms with Gasteiger partial charge in [0.1, 0.15) is 5.54 Å². The summed E-state index contributed by atoms with van der Waals surface area (Å²) in [6.45, 7) is 8.10. The molecule has 6 heteroatoms. The van der Waals surface area contributed by atoms with Gasteiger partial charge in [0.2, 0.25) is 0 Å². The highest BCUT2D eigenvalue weighted by molar-refractivity contribution is 6.11. The van der Waals surface area contributed by atoms with E-state index in [-0.39, 0.29) is 18.2 Å². The van der Waals surface area contributed by atoms with Crippen molar-refractivity contribution in [3.8, 4) is 0 Å². The minimum atomic E-state index is -1.14. The number of nitrogens with one attached hydrogen (secondary N) is 1. The van der Waals surface area contributed by atoms with E-state index in [4.69, 9.17) is 0 Å². The van der Waals surface area contributed by atoms with Crippen molar-refractivity contribution in [2.24, 2.45) is 0 Å². The molecule has 2 aliphatic rings. The number of rotatable bonds is 5. The predicted molar refractivity (Wildman–Crippen MR) is 110 cm³/mol. The maximum atomic E-state index is 13.2. The lowest BCUT2D eigenvalue weighted by atomic mass is 9.89.